The molecule has 0 saturated carbocycles. The van der Waals surface area contributed by atoms with Gasteiger partial charge in [0.15, 0.2) is 17.4 Å². The molecule has 0 radical (unpaired) electrons. The SMILES string of the molecule is C[n+]1c2nc3[nH]c(nc4nc(nc5[nH]c(nc1-c1ccccc1-2)c1c(Cl)c(OCC(C)(C)C(=O)O)c(Cl)c(Cl)c51)-c1ccccc1-4)c1ccc(C(C)(C)C)cc31. The van der Waals surface area contributed by atoms with Crippen LogP contribution in [0.2, 0.25) is 15.1 Å². The van der Waals surface area contributed by atoms with E-state index in [0.29, 0.717) is 56.7 Å². The minimum Gasteiger partial charge on any atom is -0.489 e. The first-order valence-corrected chi connectivity index (χ1v) is 19.0. The lowest BCUT2D eigenvalue weighted by atomic mass is 9.86. The molecule has 3 aromatic heterocycles. The van der Waals surface area contributed by atoms with Crippen LogP contribution in [0.5, 0.6) is 5.75 Å². The Labute approximate surface area is 335 Å². The Morgan fingerprint density at radius 3 is 1.80 bits per heavy atom. The number of fused-ring (bicyclic) bond motifs is 20. The fourth-order valence-corrected chi connectivity index (χ4v) is 7.95. The van der Waals surface area contributed by atoms with Crippen molar-refractivity contribution in [3.05, 3.63) is 87.4 Å². The fourth-order valence-electron chi connectivity index (χ4n) is 7.06. The van der Waals surface area contributed by atoms with Gasteiger partial charge in [-0.2, -0.15) is 0 Å². The summed E-state index contributed by atoms with van der Waals surface area (Å²) in [5, 5.41) is 12.5. The number of aliphatic carboxylic acids is 1. The standard InChI is InChI=1S/C42H33Cl3N8O3/c1-41(2,3)19-15-16-22-25(17-19)35-48-34(22)47-32-20-11-7-8-12-21(20)33(46-32)49-36-26-27(29(44)31(30(45)28(26)43)56-18-42(4,5)40(54)55)37(50-36)52-39-24-14-10-9-13-23(24)38(51-35)53(39)6/h7-17H,18H2,1-6H3,(H2,46,47,48,49,50,51,52,54,55)/p+1. The van der Waals surface area contributed by atoms with Crippen LogP contribution in [0.3, 0.4) is 0 Å². The maximum absolute atomic E-state index is 12.0. The normalized spacial score (nSPS) is 12.6. The lowest BCUT2D eigenvalue weighted by Gasteiger charge is -2.21. The first-order chi connectivity index (χ1) is 26.6. The first kappa shape index (κ1) is 36.0. The van der Waals surface area contributed by atoms with Crippen LogP contribution >= 0.6 is 34.8 Å². The van der Waals surface area contributed by atoms with Crippen molar-refractivity contribution in [3.8, 4) is 51.3 Å². The highest BCUT2D eigenvalue weighted by Gasteiger charge is 2.33. The quantitative estimate of drug-likeness (QED) is 0.118. The van der Waals surface area contributed by atoms with Crippen LogP contribution in [0.4, 0.5) is 0 Å². The van der Waals surface area contributed by atoms with Crippen molar-refractivity contribution >= 4 is 84.9 Å². The number of aromatic nitrogens is 8. The molecule has 0 atom stereocenters. The van der Waals surface area contributed by atoms with Crippen molar-refractivity contribution in [1.82, 2.24) is 34.9 Å². The predicted octanol–water partition coefficient (Wildman–Crippen LogP) is 10.0. The third-order valence-electron chi connectivity index (χ3n) is 10.3. The summed E-state index contributed by atoms with van der Waals surface area (Å²) in [5.74, 6) is 1.07. The molecule has 8 bridgehead atoms. The monoisotopic (exact) mass is 803 g/mol. The maximum atomic E-state index is 12.0. The minimum absolute atomic E-state index is 0.00321. The van der Waals surface area contributed by atoms with Crippen LogP contribution in [0.15, 0.2) is 66.7 Å². The molecule has 9 rings (SSSR count). The molecule has 7 aromatic rings. The van der Waals surface area contributed by atoms with Gasteiger partial charge in [-0.15, -0.1) is 0 Å². The van der Waals surface area contributed by atoms with Gasteiger partial charge in [0.05, 0.1) is 44.4 Å². The average molecular weight is 805 g/mol. The summed E-state index contributed by atoms with van der Waals surface area (Å²) in [6.45, 7) is 9.41. The number of nitrogens with zero attached hydrogens (tertiary/aromatic N) is 6. The Kier molecular flexibility index (Phi) is 8.18. The highest BCUT2D eigenvalue weighted by Crippen LogP contribution is 2.48. The molecule has 4 aromatic carbocycles. The lowest BCUT2D eigenvalue weighted by molar-refractivity contribution is -0.650. The molecular formula is C42H34Cl3N8O3+. The van der Waals surface area contributed by atoms with Crippen LogP contribution in [0.1, 0.15) is 40.2 Å². The van der Waals surface area contributed by atoms with Gasteiger partial charge in [0, 0.05) is 21.9 Å². The van der Waals surface area contributed by atoms with E-state index in [2.05, 4.69) is 48.9 Å². The number of H-pyrrole nitrogens is 2. The number of aromatic amines is 2. The molecule has 280 valence electrons. The number of carboxylic acid groups (broad SMARTS) is 1. The maximum Gasteiger partial charge on any atom is 0.312 e. The fraction of sp³-hybridized carbons (Fsp3) is 0.214. The number of hydrogen-bond acceptors (Lipinski definition) is 7. The molecule has 0 amide bonds. The Bertz CT molecular complexity index is 3040. The van der Waals surface area contributed by atoms with Crippen molar-refractivity contribution in [2.45, 2.75) is 40.0 Å². The number of hydrogen-bond donors (Lipinski definition) is 3. The van der Waals surface area contributed by atoms with Gasteiger partial charge < -0.3 is 19.8 Å². The second kappa shape index (κ2) is 12.7. The van der Waals surface area contributed by atoms with Gasteiger partial charge in [-0.3, -0.25) is 4.79 Å². The number of carboxylic acids is 1. The van der Waals surface area contributed by atoms with Crippen LogP contribution < -0.4 is 9.30 Å². The highest BCUT2D eigenvalue weighted by atomic mass is 35.5. The van der Waals surface area contributed by atoms with Gasteiger partial charge in [-0.25, -0.2) is 19.5 Å². The van der Waals surface area contributed by atoms with E-state index in [-0.39, 0.29) is 32.8 Å². The minimum atomic E-state index is -1.25. The molecule has 0 unspecified atom stereocenters. The van der Waals surface area contributed by atoms with Crippen LogP contribution in [-0.4, -0.2) is 52.6 Å². The number of halogens is 3. The number of carbonyl (C=O) groups is 1. The molecule has 56 heavy (non-hydrogen) atoms. The van der Waals surface area contributed by atoms with Gasteiger partial charge in [0.2, 0.25) is 11.3 Å². The summed E-state index contributed by atoms with van der Waals surface area (Å²) in [5.41, 5.74) is 4.91. The molecule has 14 heteroatoms. The first-order valence-electron chi connectivity index (χ1n) is 17.9. The Morgan fingerprint density at radius 1 is 0.679 bits per heavy atom. The third-order valence-corrected chi connectivity index (χ3v) is 11.5. The van der Waals surface area contributed by atoms with Crippen molar-refractivity contribution in [2.75, 3.05) is 6.61 Å². The number of ether oxygens (including phenoxy) is 1. The van der Waals surface area contributed by atoms with Gasteiger partial charge >= 0.3 is 5.97 Å². The Morgan fingerprint density at radius 2 is 1.20 bits per heavy atom. The molecule has 2 aliphatic heterocycles. The molecule has 5 heterocycles. The van der Waals surface area contributed by atoms with E-state index in [9.17, 15) is 9.90 Å². The lowest BCUT2D eigenvalue weighted by Crippen LogP contribution is -2.30. The van der Waals surface area contributed by atoms with E-state index in [4.69, 9.17) is 64.5 Å². The molecule has 11 nitrogen and oxygen atoms in total. The third kappa shape index (κ3) is 5.59. The number of rotatable bonds is 4. The van der Waals surface area contributed by atoms with Gasteiger partial charge in [-0.1, -0.05) is 114 Å². The van der Waals surface area contributed by atoms with E-state index in [0.717, 1.165) is 38.6 Å². The van der Waals surface area contributed by atoms with Crippen molar-refractivity contribution in [1.29, 1.82) is 0 Å². The molecule has 0 aliphatic carbocycles. The van der Waals surface area contributed by atoms with Crippen molar-refractivity contribution in [3.63, 3.8) is 0 Å². The summed E-state index contributed by atoms with van der Waals surface area (Å²) >= 11 is 21.2. The van der Waals surface area contributed by atoms with E-state index in [1.54, 1.807) is 13.8 Å². The second-order valence-corrected chi connectivity index (χ2v) is 16.8. The molecule has 0 fully saturated rings. The van der Waals surface area contributed by atoms with E-state index >= 15 is 0 Å². The zero-order valence-corrected chi connectivity index (χ0v) is 33.4. The smallest absolute Gasteiger partial charge is 0.312 e. The molecule has 3 N–H and O–H groups in total. The van der Waals surface area contributed by atoms with E-state index in [1.165, 1.54) is 0 Å². The average Bonchev–Trinajstić information content (AvgIpc) is 3.88. The Balaban J connectivity index is 1.46. The van der Waals surface area contributed by atoms with Gasteiger partial charge in [0.25, 0.3) is 11.6 Å². The molecule has 2 aliphatic rings. The summed E-state index contributed by atoms with van der Waals surface area (Å²) in [6.07, 6.45) is 0. The van der Waals surface area contributed by atoms with Crippen LogP contribution in [0, 0.1) is 5.41 Å². The zero-order chi connectivity index (χ0) is 39.4. The van der Waals surface area contributed by atoms with E-state index < -0.39 is 11.4 Å². The number of nitrogens with one attached hydrogen (secondary N) is 2. The van der Waals surface area contributed by atoms with Crippen LogP contribution in [-0.2, 0) is 17.3 Å². The van der Waals surface area contributed by atoms with Crippen molar-refractivity contribution < 1.29 is 19.2 Å². The van der Waals surface area contributed by atoms with Gasteiger partial charge in [0.1, 0.15) is 22.9 Å². The topological polar surface area (TPSA) is 146 Å². The van der Waals surface area contributed by atoms with E-state index in [1.807, 2.05) is 60.1 Å². The predicted molar refractivity (Wildman–Crippen MR) is 220 cm³/mol. The van der Waals surface area contributed by atoms with Crippen molar-refractivity contribution in [2.24, 2.45) is 12.5 Å². The summed E-state index contributed by atoms with van der Waals surface area (Å²) in [7, 11) is 1.91. The summed E-state index contributed by atoms with van der Waals surface area (Å²) < 4.78 is 7.97. The zero-order valence-electron chi connectivity index (χ0n) is 31.1. The summed E-state index contributed by atoms with van der Waals surface area (Å²) in [4.78, 5) is 44.5. The summed E-state index contributed by atoms with van der Waals surface area (Å²) in [6, 6.07) is 22.0. The van der Waals surface area contributed by atoms with Gasteiger partial charge in [-0.05, 0) is 43.0 Å². The molecular weight excluding hydrogens is 771 g/mol. The number of benzene rings is 4. The Hall–Kier alpha value is -5.62. The second-order valence-electron chi connectivity index (χ2n) is 15.7. The highest BCUT2D eigenvalue weighted by molar-refractivity contribution is 6.51. The van der Waals surface area contributed by atoms with Crippen LogP contribution in [0.25, 0.3) is 89.7 Å². The molecule has 0 spiro atoms. The molecule has 0 saturated heterocycles. The largest absolute Gasteiger partial charge is 0.489 e.